The van der Waals surface area contributed by atoms with Crippen LogP contribution in [0, 0.1) is 0 Å². The van der Waals surface area contributed by atoms with Crippen LogP contribution in [0.5, 0.6) is 0 Å². The Morgan fingerprint density at radius 1 is 1.04 bits per heavy atom. The fourth-order valence-corrected chi connectivity index (χ4v) is 4.64. The first-order valence-electron chi connectivity index (χ1n) is 9.01. The lowest BCUT2D eigenvalue weighted by atomic mass is 9.87. The minimum absolute atomic E-state index is 0.548. The van der Waals surface area contributed by atoms with Crippen molar-refractivity contribution in [3.05, 3.63) is 75.0 Å². The highest BCUT2D eigenvalue weighted by atomic mass is 35.5. The van der Waals surface area contributed by atoms with E-state index in [0.717, 1.165) is 53.1 Å². The van der Waals surface area contributed by atoms with Gasteiger partial charge in [-0.25, -0.2) is 4.98 Å². The van der Waals surface area contributed by atoms with Gasteiger partial charge in [0.25, 0.3) is 0 Å². The molecule has 0 saturated heterocycles. The molecule has 1 aromatic heterocycles. The summed E-state index contributed by atoms with van der Waals surface area (Å²) in [5.74, 6) is 0.876. The largest absolute Gasteiger partial charge is 0.340 e. The maximum Gasteiger partial charge on any atom is 0.139 e. The molecule has 1 aliphatic carbocycles. The molecule has 2 aromatic carbocycles. The molecule has 1 atom stereocenters. The number of aromatic nitrogens is 2. The second kappa shape index (κ2) is 6.41. The number of hydrogen-bond acceptors (Lipinski definition) is 2. The van der Waals surface area contributed by atoms with Gasteiger partial charge in [0.15, 0.2) is 0 Å². The van der Waals surface area contributed by atoms with Crippen LogP contribution in [-0.4, -0.2) is 20.9 Å². The van der Waals surface area contributed by atoms with Crippen molar-refractivity contribution >= 4 is 23.2 Å². The molecular formula is C21H19Cl2N3. The number of nitrogens with zero attached hydrogens (tertiary/aromatic N) is 2. The van der Waals surface area contributed by atoms with Gasteiger partial charge in [0.1, 0.15) is 5.82 Å². The van der Waals surface area contributed by atoms with E-state index in [-0.39, 0.29) is 0 Å². The zero-order chi connectivity index (χ0) is 17.7. The number of aromatic amines is 1. The Bertz CT molecular complexity index is 956. The Hall–Kier alpha value is -1.81. The summed E-state index contributed by atoms with van der Waals surface area (Å²) in [6, 6.07) is 14.7. The van der Waals surface area contributed by atoms with Gasteiger partial charge in [-0.1, -0.05) is 41.4 Å². The second-order valence-electron chi connectivity index (χ2n) is 7.21. The lowest BCUT2D eigenvalue weighted by Crippen LogP contribution is -2.35. The molecule has 5 rings (SSSR count). The highest BCUT2D eigenvalue weighted by molar-refractivity contribution is 6.33. The summed E-state index contributed by atoms with van der Waals surface area (Å²) < 4.78 is 0. The van der Waals surface area contributed by atoms with Crippen LogP contribution in [0.2, 0.25) is 10.0 Å². The van der Waals surface area contributed by atoms with Crippen LogP contribution in [0.3, 0.4) is 0 Å². The van der Waals surface area contributed by atoms with Crippen molar-refractivity contribution in [1.82, 2.24) is 14.9 Å². The Kier molecular flexibility index (Phi) is 4.04. The van der Waals surface area contributed by atoms with Gasteiger partial charge in [-0.15, -0.1) is 0 Å². The van der Waals surface area contributed by atoms with E-state index in [4.69, 9.17) is 28.2 Å². The van der Waals surface area contributed by atoms with Gasteiger partial charge >= 0.3 is 0 Å². The normalized spacial score (nSPS) is 19.4. The van der Waals surface area contributed by atoms with Gasteiger partial charge in [-0.3, -0.25) is 4.90 Å². The average Bonchev–Trinajstić information content (AvgIpc) is 3.20. The third kappa shape index (κ3) is 2.84. The molecular weight excluding hydrogens is 365 g/mol. The zero-order valence-corrected chi connectivity index (χ0v) is 15.8. The molecule has 0 saturated carbocycles. The third-order valence-electron chi connectivity index (χ3n) is 5.59. The van der Waals surface area contributed by atoms with E-state index >= 15 is 0 Å². The van der Waals surface area contributed by atoms with E-state index < -0.39 is 0 Å². The molecule has 5 heteroatoms. The highest BCUT2D eigenvalue weighted by Crippen LogP contribution is 2.33. The van der Waals surface area contributed by atoms with E-state index in [2.05, 4.69) is 22.0 Å². The van der Waals surface area contributed by atoms with Crippen LogP contribution < -0.4 is 0 Å². The molecule has 0 bridgehead atoms. The number of fused-ring (bicyclic) bond motifs is 2. The summed E-state index contributed by atoms with van der Waals surface area (Å²) in [4.78, 5) is 10.8. The van der Waals surface area contributed by atoms with Crippen LogP contribution in [0.1, 0.15) is 28.9 Å². The maximum atomic E-state index is 6.31. The maximum absolute atomic E-state index is 6.31. The molecule has 0 amide bonds. The van der Waals surface area contributed by atoms with Crippen molar-refractivity contribution in [3.8, 4) is 11.4 Å². The number of H-pyrrole nitrogens is 1. The number of aryl methyl sites for hydroxylation is 1. The van der Waals surface area contributed by atoms with Crippen LogP contribution in [-0.2, 0) is 25.9 Å². The quantitative estimate of drug-likeness (QED) is 0.654. The molecule has 3 aromatic rings. The molecule has 132 valence electrons. The molecule has 26 heavy (non-hydrogen) atoms. The van der Waals surface area contributed by atoms with Crippen molar-refractivity contribution in [3.63, 3.8) is 0 Å². The number of halogens is 2. The number of imidazole rings is 1. The van der Waals surface area contributed by atoms with Crippen LogP contribution in [0.25, 0.3) is 11.4 Å². The summed E-state index contributed by atoms with van der Waals surface area (Å²) in [6.45, 7) is 1.82. The fraction of sp³-hybridized carbons (Fsp3) is 0.286. The third-order valence-corrected chi connectivity index (χ3v) is 6.16. The number of rotatable bonds is 2. The van der Waals surface area contributed by atoms with Crippen LogP contribution in [0.4, 0.5) is 0 Å². The first-order chi connectivity index (χ1) is 12.7. The Balaban J connectivity index is 1.34. The molecule has 1 unspecified atom stereocenters. The van der Waals surface area contributed by atoms with E-state index in [0.29, 0.717) is 6.04 Å². The number of hydrogen-bond donors (Lipinski definition) is 1. The molecule has 1 aliphatic heterocycles. The average molecular weight is 384 g/mol. The Morgan fingerprint density at radius 3 is 2.77 bits per heavy atom. The fourth-order valence-electron chi connectivity index (χ4n) is 4.22. The smallest absolute Gasteiger partial charge is 0.139 e. The van der Waals surface area contributed by atoms with E-state index in [1.807, 2.05) is 30.3 Å². The van der Waals surface area contributed by atoms with E-state index in [1.54, 1.807) is 0 Å². The van der Waals surface area contributed by atoms with Gasteiger partial charge in [0, 0.05) is 29.7 Å². The van der Waals surface area contributed by atoms with Gasteiger partial charge < -0.3 is 4.98 Å². The summed E-state index contributed by atoms with van der Waals surface area (Å²) in [5, 5.41) is 1.57. The van der Waals surface area contributed by atoms with Crippen molar-refractivity contribution in [2.45, 2.75) is 38.4 Å². The molecule has 0 spiro atoms. The van der Waals surface area contributed by atoms with Crippen molar-refractivity contribution < 1.29 is 0 Å². The second-order valence-corrected chi connectivity index (χ2v) is 8.05. The van der Waals surface area contributed by atoms with Gasteiger partial charge in [-0.05, 0) is 54.7 Å². The molecule has 1 N–H and O–H groups in total. The Morgan fingerprint density at radius 2 is 1.92 bits per heavy atom. The number of benzene rings is 2. The standard InChI is InChI=1S/C21H19Cl2N3/c22-15-7-5-13-6-8-16(10-14(13)9-15)26-11-19-20(12-26)25-21(24-19)17-3-1-2-4-18(17)23/h1-5,7,9,16H,6,8,10-12H2,(H,24,25). The van der Waals surface area contributed by atoms with Gasteiger partial charge in [0.05, 0.1) is 16.4 Å². The summed E-state index contributed by atoms with van der Waals surface area (Å²) in [6.07, 6.45) is 3.38. The molecule has 0 radical (unpaired) electrons. The van der Waals surface area contributed by atoms with Gasteiger partial charge in [-0.2, -0.15) is 0 Å². The minimum Gasteiger partial charge on any atom is -0.340 e. The topological polar surface area (TPSA) is 31.9 Å². The predicted octanol–water partition coefficient (Wildman–Crippen LogP) is 5.26. The summed E-state index contributed by atoms with van der Waals surface area (Å²) >= 11 is 12.5. The van der Waals surface area contributed by atoms with Gasteiger partial charge in [0.2, 0.25) is 0 Å². The molecule has 0 fully saturated rings. The monoisotopic (exact) mass is 383 g/mol. The lowest BCUT2D eigenvalue weighted by molar-refractivity contribution is 0.179. The Labute approximate surface area is 163 Å². The highest BCUT2D eigenvalue weighted by Gasteiger charge is 2.31. The summed E-state index contributed by atoms with van der Waals surface area (Å²) in [7, 11) is 0. The van der Waals surface area contributed by atoms with Crippen molar-refractivity contribution in [2.75, 3.05) is 0 Å². The van der Waals surface area contributed by atoms with Crippen LogP contribution >= 0.6 is 23.2 Å². The van der Waals surface area contributed by atoms with Crippen LogP contribution in [0.15, 0.2) is 42.5 Å². The summed E-state index contributed by atoms with van der Waals surface area (Å²) in [5.41, 5.74) is 6.18. The van der Waals surface area contributed by atoms with E-state index in [9.17, 15) is 0 Å². The predicted molar refractivity (Wildman–Crippen MR) is 106 cm³/mol. The van der Waals surface area contributed by atoms with Crippen molar-refractivity contribution in [2.24, 2.45) is 0 Å². The number of nitrogens with one attached hydrogen (secondary N) is 1. The molecule has 2 heterocycles. The first-order valence-corrected chi connectivity index (χ1v) is 9.77. The lowest BCUT2D eigenvalue weighted by Gasteiger charge is -2.32. The van der Waals surface area contributed by atoms with E-state index in [1.165, 1.54) is 23.2 Å². The minimum atomic E-state index is 0.548. The first kappa shape index (κ1) is 16.4. The zero-order valence-electron chi connectivity index (χ0n) is 14.3. The SMILES string of the molecule is Clc1ccc2c(c1)CC(N1Cc3nc(-c4ccccc4Cl)[nH]c3C1)CC2. The molecule has 3 nitrogen and oxygen atoms in total. The van der Waals surface area contributed by atoms with Crippen molar-refractivity contribution in [1.29, 1.82) is 0 Å². The molecule has 2 aliphatic rings.